The third-order valence-corrected chi connectivity index (χ3v) is 5.40. The van der Waals surface area contributed by atoms with Gasteiger partial charge in [-0.2, -0.15) is 5.01 Å². The van der Waals surface area contributed by atoms with Crippen molar-refractivity contribution in [3.8, 4) is 0 Å². The van der Waals surface area contributed by atoms with Gasteiger partial charge in [0.2, 0.25) is 0 Å². The van der Waals surface area contributed by atoms with Gasteiger partial charge in [-0.1, -0.05) is 18.2 Å². The van der Waals surface area contributed by atoms with Gasteiger partial charge < -0.3 is 14.6 Å². The number of esters is 1. The van der Waals surface area contributed by atoms with E-state index in [0.717, 1.165) is 32.6 Å². The van der Waals surface area contributed by atoms with Gasteiger partial charge in [-0.15, -0.1) is 17.3 Å². The average molecular weight is 456 g/mol. The van der Waals surface area contributed by atoms with Gasteiger partial charge in [-0.3, -0.25) is 0 Å². The van der Waals surface area contributed by atoms with Crippen LogP contribution in [0.15, 0.2) is 48.0 Å². The maximum Gasteiger partial charge on any atom is 0.340 e. The van der Waals surface area contributed by atoms with Crippen LogP contribution in [0.2, 0.25) is 0 Å². The number of fused-ring (bicyclic) bond motifs is 4. The highest BCUT2D eigenvalue weighted by Crippen LogP contribution is 2.37. The zero-order valence-corrected chi connectivity index (χ0v) is 18.6. The number of nitrogens with zero attached hydrogens (tertiary/aromatic N) is 4. The van der Waals surface area contributed by atoms with Crippen molar-refractivity contribution in [2.24, 2.45) is 5.29 Å². The summed E-state index contributed by atoms with van der Waals surface area (Å²) in [5.74, 6) is -0.438. The predicted molar refractivity (Wildman–Crippen MR) is 125 cm³/mol. The number of benzene rings is 2. The van der Waals surface area contributed by atoms with Crippen molar-refractivity contribution in [3.05, 3.63) is 58.8 Å². The molecule has 0 aliphatic rings. The van der Waals surface area contributed by atoms with Crippen molar-refractivity contribution in [2.45, 2.75) is 13.5 Å². The van der Waals surface area contributed by atoms with E-state index in [1.54, 1.807) is 0 Å². The van der Waals surface area contributed by atoms with E-state index in [1.165, 1.54) is 14.2 Å². The van der Waals surface area contributed by atoms with Gasteiger partial charge in [0.25, 0.3) is 0 Å². The van der Waals surface area contributed by atoms with Crippen LogP contribution in [0.4, 0.5) is 4.79 Å². The third kappa shape index (κ3) is 3.82. The van der Waals surface area contributed by atoms with Crippen LogP contribution in [-0.4, -0.2) is 47.3 Å². The van der Waals surface area contributed by atoms with Crippen LogP contribution < -0.4 is 5.32 Å². The highest BCUT2D eigenvalue weighted by molar-refractivity contribution is 6.23. The Bertz CT molecular complexity index is 1350. The van der Waals surface area contributed by atoms with E-state index in [1.807, 2.05) is 54.2 Å². The van der Waals surface area contributed by atoms with Crippen LogP contribution in [0.5, 0.6) is 0 Å². The number of para-hydroxylation sites is 1. The fourth-order valence-corrected chi connectivity index (χ4v) is 3.86. The summed E-state index contributed by atoms with van der Waals surface area (Å²) >= 11 is 0. The number of halogens is 1. The summed E-state index contributed by atoms with van der Waals surface area (Å²) in [6, 6.07) is 9.07. The molecule has 0 unspecified atom stereocenters. The second-order valence-corrected chi connectivity index (χ2v) is 7.19. The summed E-state index contributed by atoms with van der Waals surface area (Å²) < 4.78 is 6.98. The zero-order chi connectivity index (χ0) is 22.1. The third-order valence-electron chi connectivity index (χ3n) is 5.40. The van der Waals surface area contributed by atoms with E-state index in [-0.39, 0.29) is 12.4 Å². The minimum atomic E-state index is -0.573. The summed E-state index contributed by atoms with van der Waals surface area (Å²) in [4.78, 5) is 39.5. The Morgan fingerprint density at radius 3 is 2.66 bits per heavy atom. The molecule has 0 bridgehead atoms. The second kappa shape index (κ2) is 9.19. The molecule has 0 aliphatic heterocycles. The molecule has 0 fully saturated rings. The van der Waals surface area contributed by atoms with Gasteiger partial charge in [0.1, 0.15) is 0 Å². The summed E-state index contributed by atoms with van der Waals surface area (Å²) in [5.41, 5.74) is 2.90. The van der Waals surface area contributed by atoms with Crippen molar-refractivity contribution in [1.82, 2.24) is 19.9 Å². The lowest BCUT2D eigenvalue weighted by Crippen LogP contribution is -2.35. The Labute approximate surface area is 189 Å². The number of methoxy groups -OCH3 is 1. The number of rotatable bonds is 5. The number of hydrogen-bond donors (Lipinski definition) is 1. The lowest BCUT2D eigenvalue weighted by molar-refractivity contribution is 0.0605. The van der Waals surface area contributed by atoms with Crippen LogP contribution in [0, 0.1) is 11.8 Å². The Balaban J connectivity index is 0.00000289. The highest BCUT2D eigenvalue weighted by atomic mass is 35.5. The standard InChI is InChI=1S/C22H21N5O4.ClH/c1-13-16-12-27(11-9-23-22(29)26(2)25-30)10-8-14(16)19(21(28)31-3)20-18(13)15-6-4-5-7-17(15)24-20;/h4-8,10,12H,9,11H2,1-3H3,(H,23,29);1H. The number of aromatic nitrogens is 2. The maximum absolute atomic E-state index is 12.7. The largest absolute Gasteiger partial charge is 0.465 e. The molecule has 2 aromatic carbocycles. The van der Waals surface area contributed by atoms with Gasteiger partial charge in [-0.25, -0.2) is 14.6 Å². The smallest absolute Gasteiger partial charge is 0.340 e. The van der Waals surface area contributed by atoms with Crippen molar-refractivity contribution in [2.75, 3.05) is 20.7 Å². The highest BCUT2D eigenvalue weighted by Gasteiger charge is 2.22. The Kier molecular flexibility index (Phi) is 6.59. The molecule has 0 radical (unpaired) electrons. The molecule has 1 N–H and O–H groups in total. The van der Waals surface area contributed by atoms with Crippen LogP contribution in [0.25, 0.3) is 32.6 Å². The normalized spacial score (nSPS) is 10.7. The zero-order valence-electron chi connectivity index (χ0n) is 17.8. The minimum absolute atomic E-state index is 0. The molecular formula is C22H22ClN5O4. The monoisotopic (exact) mass is 455 g/mol. The van der Waals surface area contributed by atoms with E-state index in [0.29, 0.717) is 29.2 Å². The summed E-state index contributed by atoms with van der Waals surface area (Å²) in [6.45, 7) is 2.79. The van der Waals surface area contributed by atoms with Crippen LogP contribution in [0.1, 0.15) is 15.9 Å². The Morgan fingerprint density at radius 1 is 1.19 bits per heavy atom. The van der Waals surface area contributed by atoms with E-state index in [4.69, 9.17) is 9.72 Å². The van der Waals surface area contributed by atoms with Crippen molar-refractivity contribution >= 4 is 57.0 Å². The molecule has 2 heterocycles. The van der Waals surface area contributed by atoms with E-state index in [2.05, 4.69) is 10.6 Å². The molecule has 0 spiro atoms. The summed E-state index contributed by atoms with van der Waals surface area (Å²) in [7, 11) is 2.65. The second-order valence-electron chi connectivity index (χ2n) is 7.19. The number of pyridine rings is 1. The lowest BCUT2D eigenvalue weighted by atomic mass is 9.96. The predicted octanol–water partition coefficient (Wildman–Crippen LogP) is 4.18. The fourth-order valence-electron chi connectivity index (χ4n) is 3.86. The Hall–Kier alpha value is -3.72. The first-order valence-corrected chi connectivity index (χ1v) is 9.70. The van der Waals surface area contributed by atoms with Crippen molar-refractivity contribution in [3.63, 3.8) is 0 Å². The molecule has 4 rings (SSSR count). The molecule has 0 saturated heterocycles. The molecule has 0 atom stereocenters. The number of urea groups is 1. The van der Waals surface area contributed by atoms with E-state index >= 15 is 0 Å². The number of nitrogens with one attached hydrogen (secondary N) is 1. The summed E-state index contributed by atoms with van der Waals surface area (Å²) in [5, 5.41) is 9.44. The van der Waals surface area contributed by atoms with Crippen LogP contribution in [-0.2, 0) is 11.3 Å². The number of carbonyl (C=O) groups is 2. The van der Waals surface area contributed by atoms with Crippen molar-refractivity contribution < 1.29 is 14.3 Å². The molecule has 4 aromatic rings. The molecule has 2 amide bonds. The molecule has 166 valence electrons. The molecule has 32 heavy (non-hydrogen) atoms. The molecule has 0 saturated carbocycles. The Morgan fingerprint density at radius 2 is 1.94 bits per heavy atom. The maximum atomic E-state index is 12.7. The molecule has 9 nitrogen and oxygen atoms in total. The number of ether oxygens (including phenoxy) is 1. The van der Waals surface area contributed by atoms with Crippen LogP contribution >= 0.6 is 12.4 Å². The molecule has 0 aliphatic carbocycles. The lowest BCUT2D eigenvalue weighted by Gasteiger charge is -2.14. The first kappa shape index (κ1) is 23.0. The number of aryl methyl sites for hydroxylation is 1. The molecular weight excluding hydrogens is 434 g/mol. The van der Waals surface area contributed by atoms with Crippen LogP contribution in [0.3, 0.4) is 0 Å². The average Bonchev–Trinajstić information content (AvgIpc) is 3.18. The number of hydrogen-bond acceptors (Lipinski definition) is 6. The minimum Gasteiger partial charge on any atom is -0.465 e. The van der Waals surface area contributed by atoms with Gasteiger partial charge in [0, 0.05) is 54.1 Å². The topological polar surface area (TPSA) is 106 Å². The van der Waals surface area contributed by atoms with Gasteiger partial charge in [0.05, 0.1) is 29.0 Å². The number of nitroso groups, excluding NO2 is 1. The van der Waals surface area contributed by atoms with E-state index in [9.17, 15) is 14.5 Å². The number of carbonyl (C=O) groups excluding carboxylic acids is 2. The van der Waals surface area contributed by atoms with E-state index < -0.39 is 12.0 Å². The fraction of sp³-hybridized carbons (Fsp3) is 0.227. The van der Waals surface area contributed by atoms with Gasteiger partial charge >= 0.3 is 12.0 Å². The van der Waals surface area contributed by atoms with Gasteiger partial charge in [0.15, 0.2) is 0 Å². The molecule has 2 aromatic heterocycles. The first-order valence-electron chi connectivity index (χ1n) is 9.70. The quantitative estimate of drug-likeness (QED) is 0.276. The number of amides is 2. The van der Waals surface area contributed by atoms with Crippen molar-refractivity contribution in [1.29, 1.82) is 0 Å². The summed E-state index contributed by atoms with van der Waals surface area (Å²) in [6.07, 6.45) is 3.77. The van der Waals surface area contributed by atoms with Gasteiger partial charge in [-0.05, 0) is 24.6 Å². The first-order chi connectivity index (χ1) is 15.0. The SMILES string of the molecule is COC(=O)c1c2ccn(CCNC(=O)N(C)N=O)cc2c(C)c2c1nc1ccccc12.Cl. The molecule has 10 heteroatoms.